The summed E-state index contributed by atoms with van der Waals surface area (Å²) in [6.07, 6.45) is -6.02. The number of piperidine rings is 2. The molecule has 9 nitrogen and oxygen atoms in total. The number of rotatable bonds is 2. The number of benzene rings is 1. The lowest BCUT2D eigenvalue weighted by Gasteiger charge is -2.40. The number of alkyl halides is 5. The topological polar surface area (TPSA) is 105 Å². The second kappa shape index (κ2) is 7.60. The molecule has 2 atom stereocenters. The molecule has 2 fully saturated rings. The number of carbonyl (C=O) groups excluding carboxylic acids is 4. The Hall–Kier alpha value is -3.29. The average molecular weight is 503 g/mol. The zero-order chi connectivity index (χ0) is 25.3. The van der Waals surface area contributed by atoms with Crippen LogP contribution in [0.5, 0.6) is 5.75 Å². The third-order valence-electron chi connectivity index (χ3n) is 6.96. The van der Waals surface area contributed by atoms with E-state index in [-0.39, 0.29) is 53.5 Å². The summed E-state index contributed by atoms with van der Waals surface area (Å²) < 4.78 is 73.3. The Labute approximate surface area is 194 Å². The second-order valence-corrected chi connectivity index (χ2v) is 8.86. The number of ether oxygens (including phenoxy) is 1. The summed E-state index contributed by atoms with van der Waals surface area (Å²) in [5, 5.41) is 2.39. The number of hydrogen-bond acceptors (Lipinski definition) is 7. The zero-order valence-electron chi connectivity index (χ0n) is 17.9. The number of imide groups is 1. The minimum Gasteiger partial charge on any atom is -0.492 e. The molecule has 1 aromatic carbocycles. The van der Waals surface area contributed by atoms with Crippen molar-refractivity contribution in [3.05, 3.63) is 28.8 Å². The largest absolute Gasteiger partial charge is 0.493 e. The molecule has 4 heterocycles. The van der Waals surface area contributed by atoms with E-state index < -0.39 is 60.2 Å². The van der Waals surface area contributed by atoms with Crippen molar-refractivity contribution < 1.29 is 50.7 Å². The van der Waals surface area contributed by atoms with Crippen LogP contribution < -0.4 is 10.1 Å². The first-order valence-corrected chi connectivity index (χ1v) is 10.7. The van der Waals surface area contributed by atoms with Crippen molar-refractivity contribution in [1.82, 2.24) is 15.3 Å². The van der Waals surface area contributed by atoms with Crippen molar-refractivity contribution in [3.8, 4) is 5.75 Å². The highest BCUT2D eigenvalue weighted by molar-refractivity contribution is 6.05. The summed E-state index contributed by atoms with van der Waals surface area (Å²) in [5.74, 6) is -8.89. The van der Waals surface area contributed by atoms with Crippen LogP contribution in [0.1, 0.15) is 40.7 Å². The van der Waals surface area contributed by atoms with Gasteiger partial charge in [0.1, 0.15) is 18.4 Å². The molecule has 5 rings (SSSR count). The lowest BCUT2D eigenvalue weighted by atomic mass is 9.71. The Balaban J connectivity index is 1.43. The Kier molecular flexibility index (Phi) is 5.09. The maximum atomic E-state index is 14.9. The Morgan fingerprint density at radius 3 is 2.63 bits per heavy atom. The van der Waals surface area contributed by atoms with Gasteiger partial charge in [-0.15, -0.1) is 5.06 Å². The maximum Gasteiger partial charge on any atom is 0.493 e. The molecule has 2 unspecified atom stereocenters. The number of nitrogens with one attached hydrogen (secondary N) is 1. The fourth-order valence-corrected chi connectivity index (χ4v) is 5.12. The van der Waals surface area contributed by atoms with Gasteiger partial charge in [0.05, 0.1) is 18.5 Å². The van der Waals surface area contributed by atoms with Crippen LogP contribution in [0.15, 0.2) is 12.1 Å². The van der Waals surface area contributed by atoms with E-state index in [1.165, 1.54) is 12.1 Å². The van der Waals surface area contributed by atoms with Gasteiger partial charge < -0.3 is 19.8 Å². The van der Waals surface area contributed by atoms with E-state index in [0.29, 0.717) is 6.54 Å². The first-order valence-electron chi connectivity index (χ1n) is 10.7. The molecule has 188 valence electrons. The van der Waals surface area contributed by atoms with E-state index >= 15 is 0 Å². The van der Waals surface area contributed by atoms with E-state index in [1.807, 2.05) is 0 Å². The molecule has 0 aliphatic carbocycles. The number of hydrogen-bond donors (Lipinski definition) is 1. The minimum absolute atomic E-state index is 0.0987. The summed E-state index contributed by atoms with van der Waals surface area (Å²) in [5.41, 5.74) is -0.943. The highest BCUT2D eigenvalue weighted by atomic mass is 19.4. The standard InChI is InChI=1S/C21H18F5N3O6/c22-20(23)8-27-6-5-19(20)9-34-15-11-7-28(16(31)10(11)1-2-12(15)19)13-3-4-14(30)29(17(13)32)35-18(33)21(24,25)26/h1-2,13,27H,3-9H2. The van der Waals surface area contributed by atoms with Crippen molar-refractivity contribution >= 4 is 23.7 Å². The van der Waals surface area contributed by atoms with Crippen LogP contribution in [-0.2, 0) is 31.2 Å². The van der Waals surface area contributed by atoms with Crippen molar-refractivity contribution in [3.63, 3.8) is 0 Å². The summed E-state index contributed by atoms with van der Waals surface area (Å²) in [7, 11) is 0. The Bertz CT molecular complexity index is 1150. The summed E-state index contributed by atoms with van der Waals surface area (Å²) in [4.78, 5) is 54.0. The number of nitrogens with zero attached hydrogens (tertiary/aromatic N) is 2. The van der Waals surface area contributed by atoms with Gasteiger partial charge in [0.15, 0.2) is 0 Å². The SMILES string of the molecule is O=C1CCC(N2Cc3c(ccc4c3OCC43CCNCC3(F)F)C2=O)C(=O)N1OC(=O)C(F)(F)F. The molecule has 0 saturated carbocycles. The van der Waals surface area contributed by atoms with Crippen LogP contribution in [-0.4, -0.2) is 71.5 Å². The van der Waals surface area contributed by atoms with Crippen LogP contribution in [0.25, 0.3) is 0 Å². The van der Waals surface area contributed by atoms with Gasteiger partial charge in [0.2, 0.25) is 0 Å². The average Bonchev–Trinajstić information content (AvgIpc) is 3.32. The fourth-order valence-electron chi connectivity index (χ4n) is 5.12. The number of halogens is 5. The normalized spacial score (nSPS) is 27.7. The van der Waals surface area contributed by atoms with Gasteiger partial charge in [-0.2, -0.15) is 13.2 Å². The molecule has 3 amide bonds. The first kappa shape index (κ1) is 23.5. The van der Waals surface area contributed by atoms with Crippen LogP contribution in [0.2, 0.25) is 0 Å². The van der Waals surface area contributed by atoms with Crippen molar-refractivity contribution in [1.29, 1.82) is 0 Å². The van der Waals surface area contributed by atoms with Crippen LogP contribution in [0.4, 0.5) is 22.0 Å². The molecule has 1 aromatic rings. The summed E-state index contributed by atoms with van der Waals surface area (Å²) >= 11 is 0. The zero-order valence-corrected chi connectivity index (χ0v) is 17.9. The van der Waals surface area contributed by atoms with Crippen molar-refractivity contribution in [2.24, 2.45) is 0 Å². The third-order valence-corrected chi connectivity index (χ3v) is 6.96. The van der Waals surface area contributed by atoms with Gasteiger partial charge in [0.25, 0.3) is 23.6 Å². The first-order chi connectivity index (χ1) is 16.4. The summed E-state index contributed by atoms with van der Waals surface area (Å²) in [6, 6.07) is 1.37. The number of fused-ring (bicyclic) bond motifs is 4. The quantitative estimate of drug-likeness (QED) is 0.481. The molecule has 0 radical (unpaired) electrons. The van der Waals surface area contributed by atoms with E-state index in [9.17, 15) is 41.1 Å². The molecular formula is C21H18F5N3O6. The van der Waals surface area contributed by atoms with Gasteiger partial charge in [-0.1, -0.05) is 6.07 Å². The molecule has 14 heteroatoms. The molecule has 0 aromatic heterocycles. The third kappa shape index (κ3) is 3.37. The molecule has 35 heavy (non-hydrogen) atoms. The number of hydroxylamine groups is 2. The smallest absolute Gasteiger partial charge is 0.492 e. The highest BCUT2D eigenvalue weighted by Gasteiger charge is 2.61. The molecule has 4 aliphatic rings. The molecule has 2 saturated heterocycles. The van der Waals surface area contributed by atoms with E-state index in [2.05, 4.69) is 10.2 Å². The van der Waals surface area contributed by atoms with Gasteiger partial charge in [-0.05, 0) is 25.5 Å². The lowest BCUT2D eigenvalue weighted by molar-refractivity contribution is -0.238. The monoisotopic (exact) mass is 503 g/mol. The van der Waals surface area contributed by atoms with Crippen LogP contribution >= 0.6 is 0 Å². The van der Waals surface area contributed by atoms with Gasteiger partial charge in [-0.3, -0.25) is 14.4 Å². The van der Waals surface area contributed by atoms with Gasteiger partial charge in [-0.25, -0.2) is 13.6 Å². The lowest BCUT2D eigenvalue weighted by Crippen LogP contribution is -2.57. The second-order valence-electron chi connectivity index (χ2n) is 8.86. The number of amides is 3. The van der Waals surface area contributed by atoms with E-state index in [4.69, 9.17) is 4.74 Å². The fraction of sp³-hybridized carbons (Fsp3) is 0.524. The molecular weight excluding hydrogens is 485 g/mol. The summed E-state index contributed by atoms with van der Waals surface area (Å²) in [6.45, 7) is -0.727. The maximum absolute atomic E-state index is 14.9. The van der Waals surface area contributed by atoms with Crippen molar-refractivity contribution in [2.45, 2.75) is 49.4 Å². The predicted octanol–water partition coefficient (Wildman–Crippen LogP) is 1.44. The van der Waals surface area contributed by atoms with Gasteiger partial charge >= 0.3 is 12.1 Å². The minimum atomic E-state index is -5.45. The molecule has 1 spiro atoms. The predicted molar refractivity (Wildman–Crippen MR) is 103 cm³/mol. The molecule has 1 N–H and O–H groups in total. The highest BCUT2D eigenvalue weighted by Crippen LogP contribution is 2.54. The Morgan fingerprint density at radius 2 is 1.94 bits per heavy atom. The van der Waals surface area contributed by atoms with E-state index in [0.717, 1.165) is 4.90 Å². The van der Waals surface area contributed by atoms with Gasteiger partial charge in [0, 0.05) is 23.1 Å². The molecule has 0 bridgehead atoms. The Morgan fingerprint density at radius 1 is 1.20 bits per heavy atom. The van der Waals surface area contributed by atoms with Crippen LogP contribution in [0.3, 0.4) is 0 Å². The van der Waals surface area contributed by atoms with Crippen LogP contribution in [0, 0.1) is 0 Å². The van der Waals surface area contributed by atoms with Crippen molar-refractivity contribution in [2.75, 3.05) is 19.7 Å². The molecule has 4 aliphatic heterocycles. The van der Waals surface area contributed by atoms with E-state index in [1.54, 1.807) is 0 Å². The number of carbonyl (C=O) groups is 4.